The normalized spacial score (nSPS) is 19.3. The van der Waals surface area contributed by atoms with E-state index >= 15 is 0 Å². The van der Waals surface area contributed by atoms with Crippen molar-refractivity contribution in [3.05, 3.63) is 11.6 Å². The number of carbonyl (C=O) groups excluding carboxylic acids is 1. The molecule has 1 amide bonds. The number of nitrogens with one attached hydrogen (secondary N) is 2. The molecule has 1 saturated heterocycles. The first-order chi connectivity index (χ1) is 14.4. The van der Waals surface area contributed by atoms with Crippen molar-refractivity contribution in [3.8, 4) is 0 Å². The van der Waals surface area contributed by atoms with E-state index in [1.54, 1.807) is 7.05 Å². The van der Waals surface area contributed by atoms with Gasteiger partial charge in [0.05, 0.1) is 6.04 Å². The van der Waals surface area contributed by atoms with E-state index in [2.05, 4.69) is 35.3 Å². The number of carbonyl (C=O) groups is 1. The molecule has 1 aromatic heterocycles. The van der Waals surface area contributed by atoms with Crippen LogP contribution in [0.5, 0.6) is 0 Å². The molecule has 0 saturated carbocycles. The van der Waals surface area contributed by atoms with Crippen LogP contribution in [0.25, 0.3) is 0 Å². The van der Waals surface area contributed by atoms with Crippen LogP contribution < -0.4 is 10.6 Å². The minimum Gasteiger partial charge on any atom is -0.444 e. The smallest absolute Gasteiger partial charge is 0.407 e. The molecule has 2 aliphatic rings. The molecule has 2 N–H and O–H groups in total. The standard InChI is InChI=1S/C21H37N7O2.HI/c1-21(2,3)30-20(29)24-16-11-14-27(15-16)19(22-4)23-12-8-10-18-26-25-17-9-6-5-7-13-28(17)18;/h16H,5-15H2,1-4H3,(H,22,23)(H,24,29);1H. The third-order valence-electron chi connectivity index (χ3n) is 5.47. The number of fused-ring (bicyclic) bond motifs is 1. The molecular weight excluding hydrogens is 509 g/mol. The molecule has 3 heterocycles. The fourth-order valence-electron chi connectivity index (χ4n) is 4.05. The van der Waals surface area contributed by atoms with E-state index in [9.17, 15) is 4.79 Å². The highest BCUT2D eigenvalue weighted by molar-refractivity contribution is 14.0. The summed E-state index contributed by atoms with van der Waals surface area (Å²) in [6.45, 7) is 9.08. The second-order valence-electron chi connectivity index (χ2n) is 9.15. The Bertz CT molecular complexity index is 745. The van der Waals surface area contributed by atoms with Gasteiger partial charge in [-0.05, 0) is 46.5 Å². The van der Waals surface area contributed by atoms with Gasteiger partial charge in [0.25, 0.3) is 0 Å². The average molecular weight is 547 g/mol. The Hall–Kier alpha value is -1.59. The lowest BCUT2D eigenvalue weighted by molar-refractivity contribution is 0.0507. The number of halogens is 1. The van der Waals surface area contributed by atoms with E-state index in [1.807, 2.05) is 20.8 Å². The molecule has 31 heavy (non-hydrogen) atoms. The van der Waals surface area contributed by atoms with Gasteiger partial charge in [0, 0.05) is 46.1 Å². The van der Waals surface area contributed by atoms with Gasteiger partial charge in [-0.25, -0.2) is 4.79 Å². The van der Waals surface area contributed by atoms with E-state index < -0.39 is 5.60 Å². The summed E-state index contributed by atoms with van der Waals surface area (Å²) in [4.78, 5) is 18.6. The summed E-state index contributed by atoms with van der Waals surface area (Å²) in [6.07, 6.45) is 7.18. The molecule has 2 aliphatic heterocycles. The van der Waals surface area contributed by atoms with Crippen LogP contribution >= 0.6 is 24.0 Å². The van der Waals surface area contributed by atoms with Crippen molar-refractivity contribution in [2.24, 2.45) is 4.99 Å². The Labute approximate surface area is 202 Å². The van der Waals surface area contributed by atoms with Crippen LogP contribution in [-0.2, 0) is 24.1 Å². The van der Waals surface area contributed by atoms with Gasteiger partial charge in [0.15, 0.2) is 5.96 Å². The summed E-state index contributed by atoms with van der Waals surface area (Å²) in [6, 6.07) is 0.0739. The highest BCUT2D eigenvalue weighted by atomic mass is 127. The molecule has 1 fully saturated rings. The number of aliphatic imine (C=N–C) groups is 1. The summed E-state index contributed by atoms with van der Waals surface area (Å²) >= 11 is 0. The number of hydrogen-bond donors (Lipinski definition) is 2. The fraction of sp³-hybridized carbons (Fsp3) is 0.810. The number of aryl methyl sites for hydroxylation is 2. The molecule has 9 nitrogen and oxygen atoms in total. The molecule has 3 rings (SSSR count). The maximum Gasteiger partial charge on any atom is 0.407 e. The van der Waals surface area contributed by atoms with Gasteiger partial charge in [-0.2, -0.15) is 0 Å². The number of ether oxygens (including phenoxy) is 1. The Morgan fingerprint density at radius 3 is 2.77 bits per heavy atom. The molecule has 0 aromatic carbocycles. The third-order valence-corrected chi connectivity index (χ3v) is 5.47. The van der Waals surface area contributed by atoms with Gasteiger partial charge in [-0.15, -0.1) is 34.2 Å². The number of alkyl carbamates (subject to hydrolysis) is 1. The Balaban J connectivity index is 0.00000341. The first-order valence-corrected chi connectivity index (χ1v) is 11.2. The van der Waals surface area contributed by atoms with E-state index in [4.69, 9.17) is 4.74 Å². The lowest BCUT2D eigenvalue weighted by atomic mass is 10.2. The molecule has 0 aliphatic carbocycles. The summed E-state index contributed by atoms with van der Waals surface area (Å²) < 4.78 is 7.67. The number of amides is 1. The number of nitrogens with zero attached hydrogens (tertiary/aromatic N) is 5. The lowest BCUT2D eigenvalue weighted by Crippen LogP contribution is -2.44. The largest absolute Gasteiger partial charge is 0.444 e. The Morgan fingerprint density at radius 2 is 2.03 bits per heavy atom. The highest BCUT2D eigenvalue weighted by Crippen LogP contribution is 2.15. The van der Waals surface area contributed by atoms with Gasteiger partial charge < -0.3 is 24.8 Å². The van der Waals surface area contributed by atoms with Crippen molar-refractivity contribution in [1.29, 1.82) is 0 Å². The van der Waals surface area contributed by atoms with Crippen molar-refractivity contribution < 1.29 is 9.53 Å². The number of rotatable bonds is 5. The van der Waals surface area contributed by atoms with Gasteiger partial charge in [0.2, 0.25) is 0 Å². The number of guanidine groups is 1. The predicted octanol–water partition coefficient (Wildman–Crippen LogP) is 2.73. The van der Waals surface area contributed by atoms with Crippen LogP contribution in [0.3, 0.4) is 0 Å². The van der Waals surface area contributed by atoms with Crippen molar-refractivity contribution in [2.75, 3.05) is 26.7 Å². The average Bonchev–Trinajstić information content (AvgIpc) is 3.20. The monoisotopic (exact) mass is 547 g/mol. The topological polar surface area (TPSA) is 96.7 Å². The SMILES string of the molecule is CN=C(NCCCc1nnc2n1CCCCC2)N1CCC(NC(=O)OC(C)(C)C)C1.I. The molecule has 10 heteroatoms. The maximum absolute atomic E-state index is 12.0. The van der Waals surface area contributed by atoms with Crippen LogP contribution in [0.1, 0.15) is 64.5 Å². The van der Waals surface area contributed by atoms with Crippen LogP contribution in [0.4, 0.5) is 4.79 Å². The molecule has 0 spiro atoms. The Morgan fingerprint density at radius 1 is 1.23 bits per heavy atom. The second-order valence-corrected chi connectivity index (χ2v) is 9.15. The number of likely N-dealkylation sites (tertiary alicyclic amines) is 1. The molecule has 1 atom stereocenters. The molecule has 0 bridgehead atoms. The quantitative estimate of drug-likeness (QED) is 0.255. The summed E-state index contributed by atoms with van der Waals surface area (Å²) in [5.41, 5.74) is -0.483. The highest BCUT2D eigenvalue weighted by Gasteiger charge is 2.27. The van der Waals surface area contributed by atoms with Gasteiger partial charge in [-0.1, -0.05) is 6.42 Å². The maximum atomic E-state index is 12.0. The first kappa shape index (κ1) is 25.7. The molecule has 176 valence electrons. The fourth-order valence-corrected chi connectivity index (χ4v) is 4.05. The molecular formula is C21H38IN7O2. The van der Waals surface area contributed by atoms with Crippen molar-refractivity contribution in [3.63, 3.8) is 0 Å². The Kier molecular flexibility index (Phi) is 9.83. The lowest BCUT2D eigenvalue weighted by Gasteiger charge is -2.23. The van der Waals surface area contributed by atoms with E-state index in [0.717, 1.165) is 69.5 Å². The van der Waals surface area contributed by atoms with Gasteiger partial charge in [0.1, 0.15) is 17.2 Å². The molecule has 0 radical (unpaired) electrons. The third kappa shape index (κ3) is 7.80. The number of aromatic nitrogens is 3. The first-order valence-electron chi connectivity index (χ1n) is 11.2. The van der Waals surface area contributed by atoms with Gasteiger partial charge >= 0.3 is 6.09 Å². The minimum absolute atomic E-state index is 0. The van der Waals surface area contributed by atoms with Crippen LogP contribution in [0.15, 0.2) is 4.99 Å². The summed E-state index contributed by atoms with van der Waals surface area (Å²) in [5, 5.41) is 15.2. The van der Waals surface area contributed by atoms with E-state index in [0.29, 0.717) is 0 Å². The molecule has 1 aromatic rings. The summed E-state index contributed by atoms with van der Waals surface area (Å²) in [5.74, 6) is 3.13. The van der Waals surface area contributed by atoms with E-state index in [-0.39, 0.29) is 36.1 Å². The predicted molar refractivity (Wildman–Crippen MR) is 132 cm³/mol. The zero-order chi connectivity index (χ0) is 21.6. The zero-order valence-corrected chi connectivity index (χ0v) is 21.6. The molecule has 1 unspecified atom stereocenters. The van der Waals surface area contributed by atoms with Gasteiger partial charge in [-0.3, -0.25) is 4.99 Å². The van der Waals surface area contributed by atoms with Crippen molar-refractivity contribution in [2.45, 2.75) is 83.9 Å². The van der Waals surface area contributed by atoms with Crippen molar-refractivity contribution in [1.82, 2.24) is 30.3 Å². The van der Waals surface area contributed by atoms with Crippen LogP contribution in [0, 0.1) is 0 Å². The van der Waals surface area contributed by atoms with E-state index in [1.165, 1.54) is 19.3 Å². The van der Waals surface area contributed by atoms with Crippen LogP contribution in [-0.4, -0.2) is 70.0 Å². The summed E-state index contributed by atoms with van der Waals surface area (Å²) in [7, 11) is 1.80. The minimum atomic E-state index is -0.483. The van der Waals surface area contributed by atoms with Crippen LogP contribution in [0.2, 0.25) is 0 Å². The number of hydrogen-bond acceptors (Lipinski definition) is 5. The van der Waals surface area contributed by atoms with Crippen molar-refractivity contribution >= 4 is 36.0 Å². The second kappa shape index (κ2) is 11.9. The zero-order valence-electron chi connectivity index (χ0n) is 19.3.